The van der Waals surface area contributed by atoms with Crippen LogP contribution in [-0.4, -0.2) is 31.6 Å². The highest BCUT2D eigenvalue weighted by atomic mass is 32.2. The molecule has 1 aliphatic rings. The molecule has 5 heteroatoms. The molecule has 3 aromatic carbocycles. The molecule has 0 fully saturated rings. The average molecular weight is 444 g/mol. The van der Waals surface area contributed by atoms with Crippen molar-refractivity contribution in [3.8, 4) is 28.5 Å². The van der Waals surface area contributed by atoms with Gasteiger partial charge in [-0.3, -0.25) is 0 Å². The summed E-state index contributed by atoms with van der Waals surface area (Å²) in [4.78, 5) is 6.39. The van der Waals surface area contributed by atoms with Crippen molar-refractivity contribution in [1.29, 1.82) is 0 Å². The summed E-state index contributed by atoms with van der Waals surface area (Å²) in [7, 11) is 3.38. The van der Waals surface area contributed by atoms with Crippen molar-refractivity contribution in [2.45, 2.75) is 17.7 Å². The minimum Gasteiger partial charge on any atom is -0.497 e. The van der Waals surface area contributed by atoms with Crippen molar-refractivity contribution in [1.82, 2.24) is 4.98 Å². The number of hydrogen-bond acceptors (Lipinski definition) is 5. The standard InChI is InChI=1S/C27H25NO3S/c1-29-19-6-5-7-21(17-19)31-14-15-32-27-23-8-3-4-9-25(23)28-26-22-13-11-20(30-2)16-18(22)10-12-24(26)27/h3-9,11,13,16-17H,10,12,14-15H2,1-2H3. The summed E-state index contributed by atoms with van der Waals surface area (Å²) in [6.07, 6.45) is 1.97. The molecule has 4 nitrogen and oxygen atoms in total. The van der Waals surface area contributed by atoms with Crippen molar-refractivity contribution in [2.75, 3.05) is 26.6 Å². The molecule has 162 valence electrons. The fourth-order valence-electron chi connectivity index (χ4n) is 4.23. The molecule has 0 atom stereocenters. The van der Waals surface area contributed by atoms with Crippen LogP contribution in [0.2, 0.25) is 0 Å². The summed E-state index contributed by atoms with van der Waals surface area (Å²) in [6.45, 7) is 0.622. The van der Waals surface area contributed by atoms with Crippen LogP contribution in [0.15, 0.2) is 71.6 Å². The molecule has 0 amide bonds. The molecule has 1 aromatic heterocycles. The van der Waals surface area contributed by atoms with E-state index in [9.17, 15) is 0 Å². The highest BCUT2D eigenvalue weighted by Gasteiger charge is 2.23. The number of aromatic nitrogens is 1. The number of thioether (sulfide) groups is 1. The van der Waals surface area contributed by atoms with Gasteiger partial charge in [-0.1, -0.05) is 24.3 Å². The zero-order valence-corrected chi connectivity index (χ0v) is 19.1. The summed E-state index contributed by atoms with van der Waals surface area (Å²) >= 11 is 1.86. The summed E-state index contributed by atoms with van der Waals surface area (Å²) in [5, 5.41) is 1.22. The Morgan fingerprint density at radius 3 is 2.53 bits per heavy atom. The first-order chi connectivity index (χ1) is 15.8. The van der Waals surface area contributed by atoms with Crippen LogP contribution in [0.1, 0.15) is 11.1 Å². The van der Waals surface area contributed by atoms with Crippen LogP contribution >= 0.6 is 11.8 Å². The quantitative estimate of drug-likeness (QED) is 0.252. The van der Waals surface area contributed by atoms with Crippen LogP contribution in [-0.2, 0) is 12.8 Å². The van der Waals surface area contributed by atoms with Gasteiger partial charge in [-0.15, -0.1) is 11.8 Å². The monoisotopic (exact) mass is 443 g/mol. The van der Waals surface area contributed by atoms with E-state index in [-0.39, 0.29) is 0 Å². The molecule has 0 N–H and O–H groups in total. The first-order valence-electron chi connectivity index (χ1n) is 10.8. The van der Waals surface area contributed by atoms with Gasteiger partial charge in [0.1, 0.15) is 17.2 Å². The van der Waals surface area contributed by atoms with Crippen molar-refractivity contribution < 1.29 is 14.2 Å². The number of methoxy groups -OCH3 is 2. The number of nitrogens with zero attached hydrogens (tertiary/aromatic N) is 1. The maximum absolute atomic E-state index is 5.98. The van der Waals surface area contributed by atoms with Crippen LogP contribution in [0.5, 0.6) is 17.2 Å². The van der Waals surface area contributed by atoms with Crippen LogP contribution in [0.3, 0.4) is 0 Å². The largest absolute Gasteiger partial charge is 0.497 e. The Balaban J connectivity index is 1.43. The molecular weight excluding hydrogens is 418 g/mol. The van der Waals surface area contributed by atoms with E-state index in [1.165, 1.54) is 27.0 Å². The second-order valence-corrected chi connectivity index (χ2v) is 8.79. The summed E-state index contributed by atoms with van der Waals surface area (Å²) in [5.74, 6) is 3.39. The predicted octanol–water partition coefficient (Wildman–Crippen LogP) is 6.19. The van der Waals surface area contributed by atoms with Gasteiger partial charge >= 0.3 is 0 Å². The van der Waals surface area contributed by atoms with Crippen LogP contribution in [0.25, 0.3) is 22.2 Å². The van der Waals surface area contributed by atoms with Crippen molar-refractivity contribution >= 4 is 22.7 Å². The van der Waals surface area contributed by atoms with E-state index in [0.29, 0.717) is 6.61 Å². The number of para-hydroxylation sites is 1. The van der Waals surface area contributed by atoms with E-state index >= 15 is 0 Å². The maximum atomic E-state index is 5.98. The minimum absolute atomic E-state index is 0.622. The SMILES string of the molecule is COc1cccc(OCCSc2c3c(nc4ccccc24)-c2ccc(OC)cc2CC3)c1. The highest BCUT2D eigenvalue weighted by molar-refractivity contribution is 7.99. The van der Waals surface area contributed by atoms with Crippen molar-refractivity contribution in [3.05, 3.63) is 77.9 Å². The minimum atomic E-state index is 0.622. The third kappa shape index (κ3) is 4.00. The number of pyridine rings is 1. The lowest BCUT2D eigenvalue weighted by Crippen LogP contribution is -2.09. The van der Waals surface area contributed by atoms with E-state index in [2.05, 4.69) is 36.4 Å². The first-order valence-corrected chi connectivity index (χ1v) is 11.7. The van der Waals surface area contributed by atoms with Gasteiger partial charge in [-0.2, -0.15) is 0 Å². The van der Waals surface area contributed by atoms with E-state index < -0.39 is 0 Å². The molecule has 0 bridgehead atoms. The van der Waals surface area contributed by atoms with Gasteiger partial charge in [0.25, 0.3) is 0 Å². The number of ether oxygens (including phenoxy) is 3. The number of rotatable bonds is 7. The van der Waals surface area contributed by atoms with Crippen LogP contribution in [0.4, 0.5) is 0 Å². The Bertz CT molecular complexity index is 1270. The number of fused-ring (bicyclic) bond motifs is 4. The Hall–Kier alpha value is -3.18. The molecule has 0 unspecified atom stereocenters. The zero-order valence-electron chi connectivity index (χ0n) is 18.3. The van der Waals surface area contributed by atoms with Crippen molar-refractivity contribution in [3.63, 3.8) is 0 Å². The van der Waals surface area contributed by atoms with Gasteiger partial charge < -0.3 is 14.2 Å². The molecule has 1 heterocycles. The van der Waals surface area contributed by atoms with Gasteiger partial charge in [0.2, 0.25) is 0 Å². The molecule has 0 spiro atoms. The van der Waals surface area contributed by atoms with E-state index in [4.69, 9.17) is 19.2 Å². The number of hydrogen-bond donors (Lipinski definition) is 0. The van der Waals surface area contributed by atoms with Gasteiger partial charge in [0, 0.05) is 27.7 Å². The molecular formula is C27H25NO3S. The molecule has 0 saturated carbocycles. The topological polar surface area (TPSA) is 40.6 Å². The van der Waals surface area contributed by atoms with Gasteiger partial charge in [0.05, 0.1) is 32.0 Å². The predicted molar refractivity (Wildman–Crippen MR) is 130 cm³/mol. The second-order valence-electron chi connectivity index (χ2n) is 7.68. The Kier molecular flexibility index (Phi) is 5.91. The Morgan fingerprint density at radius 2 is 1.66 bits per heavy atom. The van der Waals surface area contributed by atoms with Crippen LogP contribution < -0.4 is 14.2 Å². The highest BCUT2D eigenvalue weighted by Crippen LogP contribution is 2.41. The summed E-state index contributed by atoms with van der Waals surface area (Å²) in [5.41, 5.74) is 5.99. The third-order valence-electron chi connectivity index (χ3n) is 5.79. The average Bonchev–Trinajstić information content (AvgIpc) is 2.85. The molecule has 1 aliphatic carbocycles. The lowest BCUT2D eigenvalue weighted by Gasteiger charge is -2.23. The Labute approximate surface area is 192 Å². The molecule has 5 rings (SSSR count). The van der Waals surface area contributed by atoms with Crippen LogP contribution in [0, 0.1) is 0 Å². The van der Waals surface area contributed by atoms with E-state index in [1.807, 2.05) is 42.1 Å². The number of aryl methyl sites for hydroxylation is 1. The van der Waals surface area contributed by atoms with E-state index in [1.54, 1.807) is 14.2 Å². The lowest BCUT2D eigenvalue weighted by molar-refractivity contribution is 0.339. The lowest BCUT2D eigenvalue weighted by atomic mass is 9.88. The third-order valence-corrected chi connectivity index (χ3v) is 6.92. The van der Waals surface area contributed by atoms with Gasteiger partial charge in [-0.25, -0.2) is 4.98 Å². The van der Waals surface area contributed by atoms with Gasteiger partial charge in [0.15, 0.2) is 0 Å². The number of benzene rings is 3. The second kappa shape index (κ2) is 9.13. The van der Waals surface area contributed by atoms with E-state index in [0.717, 1.165) is 47.1 Å². The Morgan fingerprint density at radius 1 is 0.844 bits per heavy atom. The fourth-order valence-corrected chi connectivity index (χ4v) is 5.30. The molecule has 4 aromatic rings. The molecule has 32 heavy (non-hydrogen) atoms. The van der Waals surface area contributed by atoms with Crippen molar-refractivity contribution in [2.24, 2.45) is 0 Å². The zero-order chi connectivity index (χ0) is 21.9. The summed E-state index contributed by atoms with van der Waals surface area (Å²) < 4.78 is 16.7. The first kappa shape index (κ1) is 20.7. The normalized spacial score (nSPS) is 12.2. The summed E-state index contributed by atoms with van der Waals surface area (Å²) in [6, 6.07) is 22.5. The van der Waals surface area contributed by atoms with Gasteiger partial charge in [-0.05, 0) is 60.4 Å². The molecule has 0 radical (unpaired) electrons. The molecule has 0 saturated heterocycles. The maximum Gasteiger partial charge on any atom is 0.123 e. The molecule has 0 aliphatic heterocycles. The smallest absolute Gasteiger partial charge is 0.123 e. The fraction of sp³-hybridized carbons (Fsp3) is 0.222.